The Morgan fingerprint density at radius 3 is 2.68 bits per heavy atom. The van der Waals surface area contributed by atoms with Crippen LogP contribution in [0.15, 0.2) is 28.1 Å². The third kappa shape index (κ3) is 2.61. The van der Waals surface area contributed by atoms with Crippen LogP contribution in [0.1, 0.15) is 24.0 Å². The fourth-order valence-electron chi connectivity index (χ4n) is 2.20. The van der Waals surface area contributed by atoms with Gasteiger partial charge in [-0.3, -0.25) is 0 Å². The van der Waals surface area contributed by atoms with Crippen LogP contribution in [0.4, 0.5) is 0 Å². The van der Waals surface area contributed by atoms with Crippen molar-refractivity contribution < 1.29 is 13.2 Å². The van der Waals surface area contributed by atoms with E-state index in [0.717, 1.165) is 11.1 Å². The lowest BCUT2D eigenvalue weighted by Gasteiger charge is -2.20. The monoisotopic (exact) mass is 280 g/mol. The lowest BCUT2D eigenvalue weighted by atomic mass is 10.1. The SMILES string of the molecule is Cc1ccc(S(=O)(=O)N2CCCC2N=C=O)cc1C. The summed E-state index contributed by atoms with van der Waals surface area (Å²) in [5.74, 6) is 0. The maximum absolute atomic E-state index is 12.5. The van der Waals surface area contributed by atoms with Crippen molar-refractivity contribution in [2.45, 2.75) is 37.8 Å². The van der Waals surface area contributed by atoms with Gasteiger partial charge in [0.1, 0.15) is 6.17 Å². The highest BCUT2D eigenvalue weighted by Crippen LogP contribution is 2.27. The van der Waals surface area contributed by atoms with E-state index >= 15 is 0 Å². The van der Waals surface area contributed by atoms with Gasteiger partial charge in [0.15, 0.2) is 0 Å². The predicted molar refractivity (Wildman–Crippen MR) is 71.0 cm³/mol. The molecule has 0 spiro atoms. The number of sulfonamides is 1. The number of rotatable bonds is 3. The summed E-state index contributed by atoms with van der Waals surface area (Å²) < 4.78 is 26.3. The lowest BCUT2D eigenvalue weighted by Crippen LogP contribution is -2.34. The second kappa shape index (κ2) is 5.25. The fourth-order valence-corrected chi connectivity index (χ4v) is 3.88. The molecule has 1 heterocycles. The van der Waals surface area contributed by atoms with Gasteiger partial charge in [-0.15, -0.1) is 0 Å². The summed E-state index contributed by atoms with van der Waals surface area (Å²) in [6.07, 6.45) is 2.12. The van der Waals surface area contributed by atoms with E-state index in [2.05, 4.69) is 4.99 Å². The standard InChI is InChI=1S/C13H16N2O3S/c1-10-5-6-12(8-11(10)2)19(17,18)15-7-3-4-13(15)14-9-16/h5-6,8,13H,3-4,7H2,1-2H3. The van der Waals surface area contributed by atoms with E-state index in [9.17, 15) is 13.2 Å². The van der Waals surface area contributed by atoms with Crippen molar-refractivity contribution in [3.8, 4) is 0 Å². The first-order valence-electron chi connectivity index (χ1n) is 6.13. The molecule has 1 aliphatic heterocycles. The molecule has 1 fully saturated rings. The number of isocyanates is 1. The van der Waals surface area contributed by atoms with Crippen molar-refractivity contribution in [1.82, 2.24) is 4.31 Å². The average Bonchev–Trinajstić information content (AvgIpc) is 2.82. The van der Waals surface area contributed by atoms with Crippen LogP contribution in [-0.4, -0.2) is 31.5 Å². The van der Waals surface area contributed by atoms with Crippen molar-refractivity contribution in [3.05, 3.63) is 29.3 Å². The summed E-state index contributed by atoms with van der Waals surface area (Å²) in [4.78, 5) is 14.2. The number of aliphatic imine (C=N–C) groups is 1. The van der Waals surface area contributed by atoms with Crippen LogP contribution in [0.3, 0.4) is 0 Å². The zero-order valence-corrected chi connectivity index (χ0v) is 11.8. The number of benzene rings is 1. The molecule has 6 heteroatoms. The molecule has 0 aliphatic carbocycles. The van der Waals surface area contributed by atoms with Gasteiger partial charge in [0.05, 0.1) is 4.90 Å². The van der Waals surface area contributed by atoms with E-state index in [4.69, 9.17) is 0 Å². The van der Waals surface area contributed by atoms with Crippen LogP contribution in [-0.2, 0) is 14.8 Å². The number of hydrogen-bond donors (Lipinski definition) is 0. The second-order valence-corrected chi connectivity index (χ2v) is 6.60. The molecule has 19 heavy (non-hydrogen) atoms. The van der Waals surface area contributed by atoms with Gasteiger partial charge in [-0.1, -0.05) is 6.07 Å². The highest BCUT2D eigenvalue weighted by atomic mass is 32.2. The Balaban J connectivity index is 2.41. The Labute approximate surface area is 113 Å². The quantitative estimate of drug-likeness (QED) is 0.626. The molecule has 0 amide bonds. The zero-order chi connectivity index (χ0) is 14.0. The van der Waals surface area contributed by atoms with Crippen LogP contribution in [0.25, 0.3) is 0 Å². The first-order valence-corrected chi connectivity index (χ1v) is 7.57. The molecule has 1 aromatic carbocycles. The molecule has 0 bridgehead atoms. The van der Waals surface area contributed by atoms with Gasteiger partial charge in [0, 0.05) is 6.54 Å². The molecule has 0 aromatic heterocycles. The Morgan fingerprint density at radius 2 is 2.05 bits per heavy atom. The first kappa shape index (κ1) is 13.9. The minimum Gasteiger partial charge on any atom is -0.211 e. The van der Waals surface area contributed by atoms with Crippen molar-refractivity contribution in [2.75, 3.05) is 6.54 Å². The smallest absolute Gasteiger partial charge is 0.211 e. The van der Waals surface area contributed by atoms with Gasteiger partial charge in [-0.05, 0) is 49.9 Å². The Morgan fingerprint density at radius 1 is 1.32 bits per heavy atom. The summed E-state index contributed by atoms with van der Waals surface area (Å²) in [6, 6.07) is 5.04. The normalized spacial score (nSPS) is 20.2. The Kier molecular flexibility index (Phi) is 3.85. The van der Waals surface area contributed by atoms with Crippen molar-refractivity contribution in [1.29, 1.82) is 0 Å². The summed E-state index contributed by atoms with van der Waals surface area (Å²) in [7, 11) is -3.59. The van der Waals surface area contributed by atoms with E-state index in [-0.39, 0.29) is 4.90 Å². The third-order valence-corrected chi connectivity index (χ3v) is 5.35. The molecule has 0 N–H and O–H groups in total. The van der Waals surface area contributed by atoms with E-state index < -0.39 is 16.2 Å². The van der Waals surface area contributed by atoms with Gasteiger partial charge in [-0.2, -0.15) is 9.30 Å². The molecule has 1 aromatic rings. The number of nitrogens with zero attached hydrogens (tertiary/aromatic N) is 2. The fraction of sp³-hybridized carbons (Fsp3) is 0.462. The van der Waals surface area contributed by atoms with Crippen molar-refractivity contribution in [3.63, 3.8) is 0 Å². The molecule has 2 rings (SSSR count). The first-order chi connectivity index (χ1) is 8.96. The predicted octanol–water partition coefficient (Wildman–Crippen LogP) is 1.75. The molecular formula is C13H16N2O3S. The average molecular weight is 280 g/mol. The van der Waals surface area contributed by atoms with Gasteiger partial charge >= 0.3 is 0 Å². The molecule has 1 unspecified atom stereocenters. The molecule has 1 aliphatic rings. The molecular weight excluding hydrogens is 264 g/mol. The topological polar surface area (TPSA) is 66.8 Å². The van der Waals surface area contributed by atoms with E-state index in [1.807, 2.05) is 13.8 Å². The summed E-state index contributed by atoms with van der Waals surface area (Å²) in [5, 5.41) is 0. The maximum atomic E-state index is 12.5. The lowest BCUT2D eigenvalue weighted by molar-refractivity contribution is 0.395. The van der Waals surface area contributed by atoms with Crippen LogP contribution < -0.4 is 0 Å². The van der Waals surface area contributed by atoms with Crippen LogP contribution in [0, 0.1) is 13.8 Å². The summed E-state index contributed by atoms with van der Waals surface area (Å²) in [5.41, 5.74) is 1.97. The molecule has 5 nitrogen and oxygen atoms in total. The highest BCUT2D eigenvalue weighted by Gasteiger charge is 2.35. The number of aryl methyl sites for hydroxylation is 2. The third-order valence-electron chi connectivity index (χ3n) is 3.46. The molecule has 0 saturated carbocycles. The van der Waals surface area contributed by atoms with Crippen LogP contribution >= 0.6 is 0 Å². The summed E-state index contributed by atoms with van der Waals surface area (Å²) in [6.45, 7) is 4.20. The Bertz CT molecular complexity index is 633. The summed E-state index contributed by atoms with van der Waals surface area (Å²) >= 11 is 0. The minimum absolute atomic E-state index is 0.253. The second-order valence-electron chi connectivity index (χ2n) is 4.71. The van der Waals surface area contributed by atoms with Gasteiger partial charge in [-0.25, -0.2) is 13.2 Å². The van der Waals surface area contributed by atoms with Gasteiger partial charge in [0.25, 0.3) is 0 Å². The van der Waals surface area contributed by atoms with Gasteiger partial charge in [0.2, 0.25) is 16.1 Å². The highest BCUT2D eigenvalue weighted by molar-refractivity contribution is 7.89. The molecule has 0 radical (unpaired) electrons. The largest absolute Gasteiger partial charge is 0.244 e. The maximum Gasteiger partial charge on any atom is 0.244 e. The van der Waals surface area contributed by atoms with E-state index in [0.29, 0.717) is 19.4 Å². The van der Waals surface area contributed by atoms with Gasteiger partial charge < -0.3 is 0 Å². The van der Waals surface area contributed by atoms with E-state index in [1.54, 1.807) is 18.2 Å². The van der Waals surface area contributed by atoms with Crippen molar-refractivity contribution >= 4 is 16.1 Å². The van der Waals surface area contributed by atoms with E-state index in [1.165, 1.54) is 10.4 Å². The molecule has 1 saturated heterocycles. The van der Waals surface area contributed by atoms with Crippen LogP contribution in [0.5, 0.6) is 0 Å². The Hall–Kier alpha value is -1.49. The molecule has 1 atom stereocenters. The molecule has 102 valence electrons. The number of carbonyl (C=O) groups excluding carboxylic acids is 1. The van der Waals surface area contributed by atoms with Crippen molar-refractivity contribution in [2.24, 2.45) is 4.99 Å². The minimum atomic E-state index is -3.59. The van der Waals surface area contributed by atoms with Crippen LogP contribution in [0.2, 0.25) is 0 Å². The zero-order valence-electron chi connectivity index (χ0n) is 11.0. The number of hydrogen-bond acceptors (Lipinski definition) is 4.